The number of hydrogen-bond acceptors (Lipinski definition) is 2. The molecule has 27 heavy (non-hydrogen) atoms. The number of aromatic nitrogens is 1. The van der Waals surface area contributed by atoms with Gasteiger partial charge in [0.1, 0.15) is 11.4 Å². The van der Waals surface area contributed by atoms with E-state index in [9.17, 15) is 9.90 Å². The maximum Gasteiger partial charge on any atom is 0.272 e. The van der Waals surface area contributed by atoms with E-state index in [1.165, 1.54) is 5.56 Å². The first-order valence-corrected chi connectivity index (χ1v) is 9.18. The van der Waals surface area contributed by atoms with Gasteiger partial charge in [0, 0.05) is 17.4 Å². The quantitative estimate of drug-likeness (QED) is 0.463. The number of rotatable bonds is 5. The summed E-state index contributed by atoms with van der Waals surface area (Å²) in [7, 11) is 0. The highest BCUT2D eigenvalue weighted by atomic mass is 16.3. The van der Waals surface area contributed by atoms with Gasteiger partial charge in [-0.2, -0.15) is 0 Å². The number of aryl methyl sites for hydroxylation is 2. The number of benzene rings is 2. The van der Waals surface area contributed by atoms with Crippen LogP contribution < -0.4 is 5.32 Å². The van der Waals surface area contributed by atoms with Crippen LogP contribution in [0.3, 0.4) is 0 Å². The molecule has 0 aliphatic carbocycles. The summed E-state index contributed by atoms with van der Waals surface area (Å²) in [5.74, 6) is 0.232. The topological polar surface area (TPSA) is 54.3 Å². The molecule has 0 atom stereocenters. The third-order valence-electron chi connectivity index (χ3n) is 4.93. The molecule has 2 aromatic carbocycles. The smallest absolute Gasteiger partial charge is 0.272 e. The van der Waals surface area contributed by atoms with E-state index < -0.39 is 0 Å². The molecule has 0 saturated heterocycles. The van der Waals surface area contributed by atoms with Crippen molar-refractivity contribution in [3.8, 4) is 5.75 Å². The minimum absolute atomic E-state index is 0.0556. The van der Waals surface area contributed by atoms with E-state index in [0.29, 0.717) is 23.8 Å². The Morgan fingerprint density at radius 3 is 2.63 bits per heavy atom. The van der Waals surface area contributed by atoms with Crippen molar-refractivity contribution in [2.45, 2.75) is 40.2 Å². The van der Waals surface area contributed by atoms with Gasteiger partial charge in [0.25, 0.3) is 5.91 Å². The number of hydrogen-bond donors (Lipinski definition) is 2. The third kappa shape index (κ3) is 3.47. The summed E-state index contributed by atoms with van der Waals surface area (Å²) in [6.45, 7) is 12.6. The molecule has 0 aliphatic heterocycles. The zero-order valence-electron chi connectivity index (χ0n) is 16.3. The number of fused-ring (bicyclic) bond motifs is 1. The van der Waals surface area contributed by atoms with Gasteiger partial charge < -0.3 is 15.0 Å². The average molecular weight is 362 g/mol. The van der Waals surface area contributed by atoms with Crippen LogP contribution in [0.5, 0.6) is 5.75 Å². The van der Waals surface area contributed by atoms with E-state index in [0.717, 1.165) is 22.0 Å². The van der Waals surface area contributed by atoms with Gasteiger partial charge in [0.05, 0.1) is 5.69 Å². The van der Waals surface area contributed by atoms with Crippen molar-refractivity contribution in [1.29, 1.82) is 0 Å². The lowest BCUT2D eigenvalue weighted by molar-refractivity contribution is 0.101. The zero-order valence-corrected chi connectivity index (χ0v) is 16.3. The fraction of sp³-hybridized carbons (Fsp3) is 0.261. The van der Waals surface area contributed by atoms with Crippen LogP contribution in [-0.4, -0.2) is 15.6 Å². The van der Waals surface area contributed by atoms with Gasteiger partial charge >= 0.3 is 0 Å². The number of phenols is 1. The van der Waals surface area contributed by atoms with E-state index in [-0.39, 0.29) is 11.7 Å². The molecule has 0 aliphatic rings. The molecular formula is C23H26N2O2. The molecule has 1 amide bonds. The van der Waals surface area contributed by atoms with Gasteiger partial charge in [-0.15, -0.1) is 6.58 Å². The molecule has 4 heteroatoms. The molecule has 2 N–H and O–H groups in total. The number of phenolic OH excluding ortho intramolecular Hbond substituents is 1. The lowest BCUT2D eigenvalue weighted by atomic mass is 10.0. The normalized spacial score (nSPS) is 11.1. The average Bonchev–Trinajstić information content (AvgIpc) is 2.90. The Morgan fingerprint density at radius 2 is 1.96 bits per heavy atom. The van der Waals surface area contributed by atoms with Crippen LogP contribution in [0.1, 0.15) is 46.9 Å². The highest BCUT2D eigenvalue weighted by molar-refractivity contribution is 6.09. The van der Waals surface area contributed by atoms with E-state index in [1.807, 2.05) is 18.4 Å². The highest BCUT2D eigenvalue weighted by Crippen LogP contribution is 2.31. The number of amides is 1. The van der Waals surface area contributed by atoms with Crippen LogP contribution in [0, 0.1) is 13.8 Å². The van der Waals surface area contributed by atoms with E-state index in [1.54, 1.807) is 24.3 Å². The van der Waals surface area contributed by atoms with Crippen LogP contribution in [0.15, 0.2) is 49.1 Å². The first-order valence-electron chi connectivity index (χ1n) is 9.18. The molecule has 1 aromatic heterocycles. The number of nitrogens with zero attached hydrogens (tertiary/aromatic N) is 1. The Hall–Kier alpha value is -3.01. The Morgan fingerprint density at radius 1 is 1.22 bits per heavy atom. The van der Waals surface area contributed by atoms with Gasteiger partial charge in [-0.05, 0) is 60.7 Å². The largest absolute Gasteiger partial charge is 0.506 e. The first kappa shape index (κ1) is 18.8. The number of aromatic hydroxyl groups is 1. The van der Waals surface area contributed by atoms with Gasteiger partial charge in [-0.3, -0.25) is 4.79 Å². The fourth-order valence-corrected chi connectivity index (χ4v) is 3.44. The van der Waals surface area contributed by atoms with Crippen molar-refractivity contribution >= 4 is 22.5 Å². The van der Waals surface area contributed by atoms with E-state index >= 15 is 0 Å². The summed E-state index contributed by atoms with van der Waals surface area (Å²) >= 11 is 0. The molecule has 0 saturated carbocycles. The number of anilines is 1. The van der Waals surface area contributed by atoms with Crippen molar-refractivity contribution in [1.82, 2.24) is 4.57 Å². The van der Waals surface area contributed by atoms with Crippen LogP contribution in [0.2, 0.25) is 0 Å². The van der Waals surface area contributed by atoms with Gasteiger partial charge in [0.2, 0.25) is 0 Å². The maximum atomic E-state index is 13.1. The third-order valence-corrected chi connectivity index (χ3v) is 4.93. The van der Waals surface area contributed by atoms with Crippen LogP contribution in [0.4, 0.5) is 5.69 Å². The highest BCUT2D eigenvalue weighted by Gasteiger charge is 2.21. The number of carbonyl (C=O) groups excluding carboxylic acids is 1. The van der Waals surface area contributed by atoms with Gasteiger partial charge in [0.15, 0.2) is 0 Å². The molecule has 0 bridgehead atoms. The second kappa shape index (κ2) is 7.31. The van der Waals surface area contributed by atoms with Crippen LogP contribution >= 0.6 is 0 Å². The SMILES string of the molecule is C=CCn1c(C(=O)Nc2cc(C)ccc2O)c(C)c2cc(C(C)C)ccc21. The van der Waals surface area contributed by atoms with Gasteiger partial charge in [-0.25, -0.2) is 0 Å². The van der Waals surface area contributed by atoms with Crippen LogP contribution in [0.25, 0.3) is 10.9 Å². The monoisotopic (exact) mass is 362 g/mol. The van der Waals surface area contributed by atoms with Crippen molar-refractivity contribution in [3.63, 3.8) is 0 Å². The standard InChI is InChI=1S/C23H26N2O2/c1-6-11-25-20-9-8-17(14(2)3)13-18(20)16(5)22(25)23(27)24-19-12-15(4)7-10-21(19)26/h6-10,12-14,26H,1,11H2,2-5H3,(H,24,27). The predicted octanol–water partition coefficient (Wildman–Crippen LogP) is 5.53. The molecule has 0 unspecified atom stereocenters. The van der Waals surface area contributed by atoms with Gasteiger partial charge in [-0.1, -0.05) is 32.1 Å². The molecule has 140 valence electrons. The summed E-state index contributed by atoms with van der Waals surface area (Å²) in [5, 5.41) is 14.0. The molecule has 4 nitrogen and oxygen atoms in total. The van der Waals surface area contributed by atoms with Crippen molar-refractivity contribution < 1.29 is 9.90 Å². The first-order chi connectivity index (χ1) is 12.8. The van der Waals surface area contributed by atoms with E-state index in [4.69, 9.17) is 0 Å². The Bertz CT molecular complexity index is 1030. The molecule has 3 rings (SSSR count). The second-order valence-electron chi connectivity index (χ2n) is 7.28. The summed E-state index contributed by atoms with van der Waals surface area (Å²) in [6, 6.07) is 11.5. The molecular weight excluding hydrogens is 336 g/mol. The lowest BCUT2D eigenvalue weighted by Gasteiger charge is -2.12. The Kier molecular flexibility index (Phi) is 5.08. The van der Waals surface area contributed by atoms with Crippen LogP contribution in [-0.2, 0) is 6.54 Å². The lowest BCUT2D eigenvalue weighted by Crippen LogP contribution is -2.18. The van der Waals surface area contributed by atoms with Crippen molar-refractivity contribution in [2.75, 3.05) is 5.32 Å². The number of allylic oxidation sites excluding steroid dienone is 1. The fourth-order valence-electron chi connectivity index (χ4n) is 3.44. The predicted molar refractivity (Wildman–Crippen MR) is 112 cm³/mol. The molecule has 0 spiro atoms. The molecule has 0 fully saturated rings. The minimum atomic E-state index is -0.238. The Labute approximate surface area is 160 Å². The molecule has 3 aromatic rings. The summed E-state index contributed by atoms with van der Waals surface area (Å²) < 4.78 is 1.98. The molecule has 1 heterocycles. The maximum absolute atomic E-state index is 13.1. The van der Waals surface area contributed by atoms with E-state index in [2.05, 4.69) is 43.9 Å². The minimum Gasteiger partial charge on any atom is -0.506 e. The Balaban J connectivity index is 2.12. The summed E-state index contributed by atoms with van der Waals surface area (Å²) in [5.41, 5.74) is 5.15. The number of carbonyl (C=O) groups is 1. The zero-order chi connectivity index (χ0) is 19.7. The number of nitrogens with one attached hydrogen (secondary N) is 1. The second-order valence-corrected chi connectivity index (χ2v) is 7.28. The van der Waals surface area contributed by atoms with Crippen molar-refractivity contribution in [2.24, 2.45) is 0 Å². The summed E-state index contributed by atoms with van der Waals surface area (Å²) in [6.07, 6.45) is 1.79. The summed E-state index contributed by atoms with van der Waals surface area (Å²) in [4.78, 5) is 13.1. The van der Waals surface area contributed by atoms with Crippen molar-refractivity contribution in [3.05, 3.63) is 71.4 Å². The molecule has 0 radical (unpaired) electrons.